The molecule has 46 heavy (non-hydrogen) atoms. The maximum absolute atomic E-state index is 6.24. The Kier molecular flexibility index (Phi) is 10.1. The molecule has 0 aliphatic rings. The van der Waals surface area contributed by atoms with Crippen molar-refractivity contribution in [3.63, 3.8) is 0 Å². The Morgan fingerprint density at radius 3 is 1.35 bits per heavy atom. The highest BCUT2D eigenvalue weighted by atomic mass is 32.1. The van der Waals surface area contributed by atoms with Gasteiger partial charge in [-0.25, -0.2) is 0 Å². The number of hydrogen-bond donors (Lipinski definition) is 0. The van der Waals surface area contributed by atoms with Gasteiger partial charge in [0.1, 0.15) is 22.5 Å². The minimum Gasteiger partial charge on any atom is -0.491 e. The van der Waals surface area contributed by atoms with Gasteiger partial charge in [-0.15, -0.1) is 0 Å². The van der Waals surface area contributed by atoms with Crippen LogP contribution in [0.2, 0.25) is 0 Å². The molecule has 0 radical (unpaired) electrons. The number of nitrogens with zero attached hydrogens (tertiary/aromatic N) is 2. The molecule has 0 aliphatic carbocycles. The van der Waals surface area contributed by atoms with Crippen LogP contribution in [-0.4, -0.2) is 21.0 Å². The second kappa shape index (κ2) is 14.7. The molecular weight excluding hydrogens is 585 g/mol. The third-order valence-electron chi connectivity index (χ3n) is 8.73. The molecule has 1 heterocycles. The summed E-state index contributed by atoms with van der Waals surface area (Å²) < 4.78 is 21.6. The second-order valence-corrected chi connectivity index (χ2v) is 12.5. The van der Waals surface area contributed by atoms with Gasteiger partial charge in [0.2, 0.25) is 0 Å². The zero-order valence-corrected chi connectivity index (χ0v) is 28.0. The fraction of sp³-hybridized carbons (Fsp3) is 0.268. The SMILES string of the molecule is CCCCC(CC)Oc1ccc(-c2ccc(-c3ccc(-c4ccc(-c5ccc(OC(C)CC)cc5)cc4)c4nsnc34)cc2)cc1. The van der Waals surface area contributed by atoms with Crippen molar-refractivity contribution in [1.82, 2.24) is 8.75 Å². The van der Waals surface area contributed by atoms with Crippen LogP contribution in [0.25, 0.3) is 55.5 Å². The van der Waals surface area contributed by atoms with E-state index in [1.165, 1.54) is 46.8 Å². The molecule has 2 unspecified atom stereocenters. The van der Waals surface area contributed by atoms with Crippen molar-refractivity contribution in [2.24, 2.45) is 0 Å². The van der Waals surface area contributed by atoms with Gasteiger partial charge >= 0.3 is 0 Å². The van der Waals surface area contributed by atoms with E-state index in [9.17, 15) is 0 Å². The number of aromatic nitrogens is 2. The molecule has 5 aromatic carbocycles. The quantitative estimate of drug-likeness (QED) is 0.128. The molecular formula is C41H42N2O2S. The number of benzene rings is 5. The van der Waals surface area contributed by atoms with Crippen molar-refractivity contribution in [1.29, 1.82) is 0 Å². The Balaban J connectivity index is 1.18. The molecule has 4 nitrogen and oxygen atoms in total. The molecule has 6 aromatic rings. The minimum absolute atomic E-state index is 0.213. The maximum Gasteiger partial charge on any atom is 0.119 e. The van der Waals surface area contributed by atoms with Crippen LogP contribution in [0.15, 0.2) is 109 Å². The zero-order chi connectivity index (χ0) is 31.9. The fourth-order valence-corrected chi connectivity index (χ4v) is 6.33. The highest BCUT2D eigenvalue weighted by Gasteiger charge is 2.14. The molecule has 6 rings (SSSR count). The lowest BCUT2D eigenvalue weighted by Gasteiger charge is -2.17. The summed E-state index contributed by atoms with van der Waals surface area (Å²) in [5.41, 5.74) is 11.0. The van der Waals surface area contributed by atoms with Gasteiger partial charge in [-0.2, -0.15) is 8.75 Å². The van der Waals surface area contributed by atoms with Crippen molar-refractivity contribution in [2.75, 3.05) is 0 Å². The number of fused-ring (bicyclic) bond motifs is 1. The van der Waals surface area contributed by atoms with E-state index >= 15 is 0 Å². The van der Waals surface area contributed by atoms with E-state index in [0.29, 0.717) is 0 Å². The van der Waals surface area contributed by atoms with E-state index in [-0.39, 0.29) is 12.2 Å². The van der Waals surface area contributed by atoms with Gasteiger partial charge < -0.3 is 9.47 Å². The summed E-state index contributed by atoms with van der Waals surface area (Å²) >= 11 is 1.26. The standard InChI is InChI=1S/C41H42N2O2S/c1-5-8-9-35(7-3)45-37-24-20-32(21-25-37)30-12-16-34(17-13-30)39-27-26-38(40-41(39)43-46-42-40)33-14-10-29(11-15-33)31-18-22-36(23-19-31)44-28(4)6-2/h10-28,35H,5-9H2,1-4H3. The van der Waals surface area contributed by atoms with Crippen LogP contribution >= 0.6 is 11.7 Å². The molecule has 2 atom stereocenters. The Bertz CT molecular complexity index is 1840. The number of ether oxygens (including phenoxy) is 2. The molecule has 0 fully saturated rings. The normalized spacial score (nSPS) is 12.6. The molecule has 0 saturated carbocycles. The first-order valence-electron chi connectivity index (χ1n) is 16.6. The molecule has 0 bridgehead atoms. The highest BCUT2D eigenvalue weighted by molar-refractivity contribution is 7.00. The predicted molar refractivity (Wildman–Crippen MR) is 194 cm³/mol. The van der Waals surface area contributed by atoms with E-state index < -0.39 is 0 Å². The zero-order valence-electron chi connectivity index (χ0n) is 27.2. The number of rotatable bonds is 13. The van der Waals surface area contributed by atoms with Gasteiger partial charge in [0.15, 0.2) is 0 Å². The van der Waals surface area contributed by atoms with Crippen LogP contribution in [0.4, 0.5) is 0 Å². The Labute approximate surface area is 277 Å². The van der Waals surface area contributed by atoms with Gasteiger partial charge in [0, 0.05) is 11.1 Å². The first kappa shape index (κ1) is 31.5. The van der Waals surface area contributed by atoms with Crippen molar-refractivity contribution in [2.45, 2.75) is 72.0 Å². The monoisotopic (exact) mass is 626 g/mol. The lowest BCUT2D eigenvalue weighted by Crippen LogP contribution is -2.14. The first-order chi connectivity index (χ1) is 22.6. The molecule has 1 aromatic heterocycles. The summed E-state index contributed by atoms with van der Waals surface area (Å²) in [7, 11) is 0. The van der Waals surface area contributed by atoms with Crippen molar-refractivity contribution < 1.29 is 9.47 Å². The summed E-state index contributed by atoms with van der Waals surface area (Å²) in [5.74, 6) is 1.85. The molecule has 0 N–H and O–H groups in total. The summed E-state index contributed by atoms with van der Waals surface area (Å²) in [6.45, 7) is 8.65. The van der Waals surface area contributed by atoms with Crippen LogP contribution in [0, 0.1) is 0 Å². The topological polar surface area (TPSA) is 44.2 Å². The molecule has 0 saturated heterocycles. The van der Waals surface area contributed by atoms with Crippen molar-refractivity contribution >= 4 is 22.8 Å². The summed E-state index contributed by atoms with van der Waals surface area (Å²) in [5, 5.41) is 0. The second-order valence-electron chi connectivity index (χ2n) is 12.0. The van der Waals surface area contributed by atoms with Gasteiger partial charge in [0.05, 0.1) is 23.9 Å². The summed E-state index contributed by atoms with van der Waals surface area (Å²) in [6.07, 6.45) is 6.02. The van der Waals surface area contributed by atoms with Gasteiger partial charge in [0.25, 0.3) is 0 Å². The molecule has 5 heteroatoms. The van der Waals surface area contributed by atoms with Gasteiger partial charge in [-0.1, -0.05) is 119 Å². The minimum atomic E-state index is 0.213. The van der Waals surface area contributed by atoms with Crippen LogP contribution in [0.5, 0.6) is 11.5 Å². The fourth-order valence-electron chi connectivity index (χ4n) is 5.76. The number of hydrogen-bond acceptors (Lipinski definition) is 5. The Morgan fingerprint density at radius 1 is 0.522 bits per heavy atom. The molecule has 234 valence electrons. The van der Waals surface area contributed by atoms with Crippen molar-refractivity contribution in [3.8, 4) is 56.0 Å². The Hall–Kier alpha value is -4.48. The van der Waals surface area contributed by atoms with E-state index in [1.54, 1.807) is 0 Å². The van der Waals surface area contributed by atoms with Crippen LogP contribution < -0.4 is 9.47 Å². The Morgan fingerprint density at radius 2 is 0.935 bits per heavy atom. The van der Waals surface area contributed by atoms with Crippen LogP contribution in [0.1, 0.15) is 59.8 Å². The molecule has 0 amide bonds. The smallest absolute Gasteiger partial charge is 0.119 e. The third-order valence-corrected chi connectivity index (χ3v) is 9.26. The average Bonchev–Trinajstić information content (AvgIpc) is 3.61. The predicted octanol–water partition coefficient (Wildman–Crippen LogP) is 11.9. The summed E-state index contributed by atoms with van der Waals surface area (Å²) in [4.78, 5) is 0. The summed E-state index contributed by atoms with van der Waals surface area (Å²) in [6, 6.07) is 38.6. The van der Waals surface area contributed by atoms with E-state index in [2.05, 4.69) is 125 Å². The first-order valence-corrected chi connectivity index (χ1v) is 17.3. The molecule has 0 spiro atoms. The number of unbranched alkanes of at least 4 members (excludes halogenated alkanes) is 1. The molecule has 0 aliphatic heterocycles. The maximum atomic E-state index is 6.24. The van der Waals surface area contributed by atoms with Crippen LogP contribution in [0.3, 0.4) is 0 Å². The van der Waals surface area contributed by atoms with Gasteiger partial charge in [-0.3, -0.25) is 0 Å². The average molecular weight is 627 g/mol. The third kappa shape index (κ3) is 7.16. The lowest BCUT2D eigenvalue weighted by molar-refractivity contribution is 0.183. The van der Waals surface area contributed by atoms with Crippen molar-refractivity contribution in [3.05, 3.63) is 109 Å². The van der Waals surface area contributed by atoms with E-state index in [1.807, 2.05) is 12.1 Å². The highest BCUT2D eigenvalue weighted by Crippen LogP contribution is 2.36. The van der Waals surface area contributed by atoms with Crippen LogP contribution in [-0.2, 0) is 0 Å². The van der Waals surface area contributed by atoms with Gasteiger partial charge in [-0.05, 0) is 83.8 Å². The van der Waals surface area contributed by atoms with E-state index in [4.69, 9.17) is 18.2 Å². The lowest BCUT2D eigenvalue weighted by atomic mass is 9.95. The van der Waals surface area contributed by atoms with E-state index in [0.717, 1.165) is 64.0 Å². The largest absolute Gasteiger partial charge is 0.491 e.